The van der Waals surface area contributed by atoms with Crippen molar-refractivity contribution in [1.29, 1.82) is 0 Å². The van der Waals surface area contributed by atoms with Gasteiger partial charge in [-0.2, -0.15) is 4.98 Å². The molecule has 7 heteroatoms. The van der Waals surface area contributed by atoms with Gasteiger partial charge in [0.2, 0.25) is 11.7 Å². The maximum Gasteiger partial charge on any atom is 0.320 e. The molecular weight excluding hydrogens is 404 g/mol. The first-order valence-electron chi connectivity index (χ1n) is 10.3. The molecule has 0 radical (unpaired) electrons. The molecule has 1 atom stereocenters. The Balaban J connectivity index is 1.57. The molecule has 0 aliphatic carbocycles. The third-order valence-electron chi connectivity index (χ3n) is 4.96. The molecule has 32 heavy (non-hydrogen) atoms. The second-order valence-corrected chi connectivity index (χ2v) is 7.37. The van der Waals surface area contributed by atoms with Gasteiger partial charge >= 0.3 is 6.03 Å². The van der Waals surface area contributed by atoms with Gasteiger partial charge in [-0.3, -0.25) is 0 Å². The number of carbonyl (C=O) groups is 1. The zero-order valence-electron chi connectivity index (χ0n) is 17.9. The van der Waals surface area contributed by atoms with E-state index >= 15 is 0 Å². The maximum atomic E-state index is 12.8. The first-order chi connectivity index (χ1) is 15.6. The fourth-order valence-electron chi connectivity index (χ4n) is 3.39. The molecule has 0 aliphatic rings. The third kappa shape index (κ3) is 5.13. The summed E-state index contributed by atoms with van der Waals surface area (Å²) in [5, 5.41) is 9.92. The molecule has 2 N–H and O–H groups in total. The molecule has 162 valence electrons. The number of urea groups is 1. The van der Waals surface area contributed by atoms with Gasteiger partial charge in [-0.15, -0.1) is 0 Å². The van der Waals surface area contributed by atoms with E-state index in [2.05, 4.69) is 20.8 Å². The Hall–Kier alpha value is -4.13. The van der Waals surface area contributed by atoms with Crippen LogP contribution in [0.25, 0.3) is 11.4 Å². The van der Waals surface area contributed by atoms with Crippen molar-refractivity contribution in [2.75, 3.05) is 12.4 Å². The number of nitrogens with one attached hydrogen (secondary N) is 2. The van der Waals surface area contributed by atoms with Crippen molar-refractivity contribution in [1.82, 2.24) is 15.5 Å². The quantitative estimate of drug-likeness (QED) is 0.424. The lowest BCUT2D eigenvalue weighted by Gasteiger charge is -2.17. The van der Waals surface area contributed by atoms with E-state index in [1.54, 1.807) is 19.2 Å². The second kappa shape index (κ2) is 9.78. The molecule has 0 spiro atoms. The first kappa shape index (κ1) is 21.1. The number of carbonyl (C=O) groups excluding carboxylic acids is 1. The molecule has 4 aromatic rings. The Kier molecular flexibility index (Phi) is 6.46. The molecule has 1 aromatic heterocycles. The largest absolute Gasteiger partial charge is 0.495 e. The highest BCUT2D eigenvalue weighted by Gasteiger charge is 2.23. The molecule has 0 saturated carbocycles. The normalized spacial score (nSPS) is 11.6. The van der Waals surface area contributed by atoms with Crippen LogP contribution in [-0.2, 0) is 6.42 Å². The molecule has 0 fully saturated rings. The van der Waals surface area contributed by atoms with E-state index in [0.717, 1.165) is 16.7 Å². The number of benzene rings is 3. The Morgan fingerprint density at radius 2 is 1.81 bits per heavy atom. The van der Waals surface area contributed by atoms with E-state index in [1.807, 2.05) is 73.7 Å². The van der Waals surface area contributed by atoms with Crippen molar-refractivity contribution in [2.45, 2.75) is 19.4 Å². The lowest BCUT2D eigenvalue weighted by molar-refractivity contribution is 0.243. The summed E-state index contributed by atoms with van der Waals surface area (Å²) < 4.78 is 10.9. The molecule has 4 rings (SSSR count). The molecule has 3 aromatic carbocycles. The fourth-order valence-corrected chi connectivity index (χ4v) is 3.39. The van der Waals surface area contributed by atoms with Crippen LogP contribution in [0.1, 0.15) is 23.1 Å². The summed E-state index contributed by atoms with van der Waals surface area (Å²) in [5.74, 6) is 1.39. The summed E-state index contributed by atoms with van der Waals surface area (Å²) in [6, 6.07) is 24.0. The molecule has 0 bridgehead atoms. The van der Waals surface area contributed by atoms with Gasteiger partial charge < -0.3 is 19.9 Å². The van der Waals surface area contributed by atoms with Gasteiger partial charge in [0.25, 0.3) is 0 Å². The minimum Gasteiger partial charge on any atom is -0.495 e. The topological polar surface area (TPSA) is 89.3 Å². The van der Waals surface area contributed by atoms with Crippen LogP contribution in [0.2, 0.25) is 0 Å². The van der Waals surface area contributed by atoms with Crippen molar-refractivity contribution in [2.24, 2.45) is 0 Å². The Morgan fingerprint density at radius 3 is 2.59 bits per heavy atom. The number of anilines is 1. The number of rotatable bonds is 7. The average Bonchev–Trinajstić information content (AvgIpc) is 3.30. The van der Waals surface area contributed by atoms with Crippen molar-refractivity contribution in [3.63, 3.8) is 0 Å². The van der Waals surface area contributed by atoms with Gasteiger partial charge in [0.15, 0.2) is 0 Å². The highest BCUT2D eigenvalue weighted by atomic mass is 16.5. The number of para-hydroxylation sites is 2. The van der Waals surface area contributed by atoms with Crippen LogP contribution in [0.15, 0.2) is 83.4 Å². The summed E-state index contributed by atoms with van der Waals surface area (Å²) in [6.45, 7) is 2.01. The van der Waals surface area contributed by atoms with E-state index in [0.29, 0.717) is 29.6 Å². The SMILES string of the molecule is COc1ccccc1NC(=O)NC(Cc1ccccc1)c1nc(-c2cccc(C)c2)no1. The van der Waals surface area contributed by atoms with E-state index < -0.39 is 12.1 Å². The Bertz CT molecular complexity index is 1190. The molecule has 0 aliphatic heterocycles. The molecular formula is C25H24N4O3. The minimum atomic E-state index is -0.516. The number of ether oxygens (including phenoxy) is 1. The van der Waals surface area contributed by atoms with Crippen molar-refractivity contribution >= 4 is 11.7 Å². The molecule has 1 heterocycles. The summed E-state index contributed by atoms with van der Waals surface area (Å²) in [4.78, 5) is 17.4. The van der Waals surface area contributed by atoms with Crippen molar-refractivity contribution < 1.29 is 14.1 Å². The Labute approximate surface area is 186 Å². The minimum absolute atomic E-state index is 0.334. The van der Waals surface area contributed by atoms with E-state index in [1.165, 1.54) is 0 Å². The van der Waals surface area contributed by atoms with Crippen LogP contribution >= 0.6 is 0 Å². The molecule has 1 unspecified atom stereocenters. The van der Waals surface area contributed by atoms with Gasteiger partial charge in [-0.1, -0.05) is 71.4 Å². The monoisotopic (exact) mass is 428 g/mol. The predicted octanol–water partition coefficient (Wildman–Crippen LogP) is 5.16. The summed E-state index contributed by atoms with van der Waals surface area (Å²) >= 11 is 0. The zero-order valence-corrected chi connectivity index (χ0v) is 17.9. The molecule has 7 nitrogen and oxygen atoms in total. The summed E-state index contributed by atoms with van der Waals surface area (Å²) in [7, 11) is 1.56. The standard InChI is InChI=1S/C25H24N4O3/c1-17-9-8-12-19(15-17)23-28-24(32-29-23)21(16-18-10-4-3-5-11-18)27-25(30)26-20-13-6-7-14-22(20)31-2/h3-15,21H,16H2,1-2H3,(H2,26,27,30). The van der Waals surface area contributed by atoms with Crippen LogP contribution in [-0.4, -0.2) is 23.3 Å². The number of amides is 2. The van der Waals surface area contributed by atoms with Crippen LogP contribution < -0.4 is 15.4 Å². The van der Waals surface area contributed by atoms with Crippen LogP contribution in [0.5, 0.6) is 5.75 Å². The average molecular weight is 428 g/mol. The van der Waals surface area contributed by atoms with E-state index in [9.17, 15) is 4.79 Å². The number of hydrogen-bond acceptors (Lipinski definition) is 5. The fraction of sp³-hybridized carbons (Fsp3) is 0.160. The smallest absolute Gasteiger partial charge is 0.320 e. The molecule has 0 saturated heterocycles. The lowest BCUT2D eigenvalue weighted by atomic mass is 10.1. The van der Waals surface area contributed by atoms with Crippen LogP contribution in [0.4, 0.5) is 10.5 Å². The number of nitrogens with zero attached hydrogens (tertiary/aromatic N) is 2. The summed E-state index contributed by atoms with van der Waals surface area (Å²) in [6.07, 6.45) is 0.496. The van der Waals surface area contributed by atoms with Gasteiger partial charge in [0.05, 0.1) is 12.8 Å². The first-order valence-corrected chi connectivity index (χ1v) is 10.3. The summed E-state index contributed by atoms with van der Waals surface area (Å²) in [5.41, 5.74) is 3.56. The second-order valence-electron chi connectivity index (χ2n) is 7.37. The molecule has 2 amide bonds. The third-order valence-corrected chi connectivity index (χ3v) is 4.96. The van der Waals surface area contributed by atoms with Gasteiger partial charge in [-0.05, 0) is 30.7 Å². The number of aromatic nitrogens is 2. The zero-order chi connectivity index (χ0) is 22.3. The van der Waals surface area contributed by atoms with Gasteiger partial charge in [-0.25, -0.2) is 4.79 Å². The number of aryl methyl sites for hydroxylation is 1. The predicted molar refractivity (Wildman–Crippen MR) is 123 cm³/mol. The van der Waals surface area contributed by atoms with E-state index in [4.69, 9.17) is 9.26 Å². The maximum absolute atomic E-state index is 12.8. The number of methoxy groups -OCH3 is 1. The number of hydrogen-bond donors (Lipinski definition) is 2. The Morgan fingerprint density at radius 1 is 1.03 bits per heavy atom. The van der Waals surface area contributed by atoms with Crippen LogP contribution in [0, 0.1) is 6.92 Å². The van der Waals surface area contributed by atoms with Gasteiger partial charge in [0.1, 0.15) is 11.8 Å². The highest BCUT2D eigenvalue weighted by Crippen LogP contribution is 2.25. The lowest BCUT2D eigenvalue weighted by Crippen LogP contribution is -2.34. The van der Waals surface area contributed by atoms with E-state index in [-0.39, 0.29) is 0 Å². The van der Waals surface area contributed by atoms with Crippen LogP contribution in [0.3, 0.4) is 0 Å². The van der Waals surface area contributed by atoms with Gasteiger partial charge in [0, 0.05) is 12.0 Å². The van der Waals surface area contributed by atoms with Crippen molar-refractivity contribution in [3.05, 3.63) is 95.9 Å². The van der Waals surface area contributed by atoms with Crippen molar-refractivity contribution in [3.8, 4) is 17.1 Å². The highest BCUT2D eigenvalue weighted by molar-refractivity contribution is 5.91.